The number of carbonyl (C=O) groups excluding carboxylic acids is 1. The SMILES string of the molecule is CCNCCOCC(=O)Nc1nccs1. The molecular weight excluding hydrogens is 214 g/mol. The van der Waals surface area contributed by atoms with Crippen LogP contribution in [0.5, 0.6) is 0 Å². The Morgan fingerprint density at radius 2 is 2.53 bits per heavy atom. The van der Waals surface area contributed by atoms with Crippen molar-refractivity contribution in [3.8, 4) is 0 Å². The molecule has 1 aromatic rings. The third-order valence-corrected chi connectivity index (χ3v) is 2.27. The molecule has 0 radical (unpaired) electrons. The number of hydrogen-bond donors (Lipinski definition) is 2. The zero-order valence-corrected chi connectivity index (χ0v) is 9.47. The van der Waals surface area contributed by atoms with Gasteiger partial charge in [0.05, 0.1) is 6.61 Å². The summed E-state index contributed by atoms with van der Waals surface area (Å²) in [6, 6.07) is 0. The van der Waals surface area contributed by atoms with Gasteiger partial charge in [0, 0.05) is 18.1 Å². The van der Waals surface area contributed by atoms with Gasteiger partial charge in [-0.3, -0.25) is 10.1 Å². The fraction of sp³-hybridized carbons (Fsp3) is 0.556. The van der Waals surface area contributed by atoms with Crippen LogP contribution >= 0.6 is 11.3 Å². The molecule has 1 rings (SSSR count). The summed E-state index contributed by atoms with van der Waals surface area (Å²) in [5.41, 5.74) is 0. The summed E-state index contributed by atoms with van der Waals surface area (Å²) in [7, 11) is 0. The van der Waals surface area contributed by atoms with Crippen molar-refractivity contribution in [3.63, 3.8) is 0 Å². The van der Waals surface area contributed by atoms with E-state index >= 15 is 0 Å². The molecule has 0 aliphatic rings. The zero-order valence-electron chi connectivity index (χ0n) is 8.66. The lowest BCUT2D eigenvalue weighted by molar-refractivity contribution is -0.120. The minimum absolute atomic E-state index is 0.0744. The summed E-state index contributed by atoms with van der Waals surface area (Å²) >= 11 is 1.39. The van der Waals surface area contributed by atoms with E-state index in [4.69, 9.17) is 4.74 Å². The Bertz CT molecular complexity index is 277. The summed E-state index contributed by atoms with van der Waals surface area (Å²) in [6.45, 7) is 4.31. The number of anilines is 1. The summed E-state index contributed by atoms with van der Waals surface area (Å²) < 4.78 is 5.15. The van der Waals surface area contributed by atoms with Gasteiger partial charge >= 0.3 is 0 Å². The van der Waals surface area contributed by atoms with Crippen molar-refractivity contribution >= 4 is 22.4 Å². The lowest BCUT2D eigenvalue weighted by Crippen LogP contribution is -2.23. The molecule has 2 N–H and O–H groups in total. The van der Waals surface area contributed by atoms with Crippen LogP contribution in [-0.4, -0.2) is 37.2 Å². The summed E-state index contributed by atoms with van der Waals surface area (Å²) in [6.07, 6.45) is 1.65. The number of carbonyl (C=O) groups is 1. The van der Waals surface area contributed by atoms with Gasteiger partial charge < -0.3 is 10.1 Å². The molecular formula is C9H15N3O2S. The topological polar surface area (TPSA) is 63.2 Å². The minimum Gasteiger partial charge on any atom is -0.370 e. The monoisotopic (exact) mass is 229 g/mol. The van der Waals surface area contributed by atoms with Crippen LogP contribution in [0.2, 0.25) is 0 Å². The number of amides is 1. The molecule has 0 spiro atoms. The summed E-state index contributed by atoms with van der Waals surface area (Å²) in [5.74, 6) is -0.165. The van der Waals surface area contributed by atoms with Gasteiger partial charge in [-0.25, -0.2) is 4.98 Å². The standard InChI is InChI=1S/C9H15N3O2S/c1-2-10-3-5-14-7-8(13)12-9-11-4-6-15-9/h4,6,10H,2-3,5,7H2,1H3,(H,11,12,13). The van der Waals surface area contributed by atoms with E-state index in [2.05, 4.69) is 15.6 Å². The van der Waals surface area contributed by atoms with Crippen LogP contribution in [0, 0.1) is 0 Å². The van der Waals surface area contributed by atoms with Gasteiger partial charge in [-0.1, -0.05) is 6.92 Å². The molecule has 0 fully saturated rings. The van der Waals surface area contributed by atoms with E-state index in [1.807, 2.05) is 12.3 Å². The smallest absolute Gasteiger partial charge is 0.252 e. The van der Waals surface area contributed by atoms with E-state index < -0.39 is 0 Å². The fourth-order valence-electron chi connectivity index (χ4n) is 0.927. The summed E-state index contributed by atoms with van der Waals surface area (Å²) in [4.78, 5) is 15.2. The molecule has 0 unspecified atom stereocenters. The number of hydrogen-bond acceptors (Lipinski definition) is 5. The van der Waals surface area contributed by atoms with Crippen molar-refractivity contribution in [2.45, 2.75) is 6.92 Å². The molecule has 1 amide bonds. The number of nitrogens with one attached hydrogen (secondary N) is 2. The van der Waals surface area contributed by atoms with Gasteiger partial charge in [-0.2, -0.15) is 0 Å². The Hall–Kier alpha value is -0.980. The van der Waals surface area contributed by atoms with Crippen LogP contribution < -0.4 is 10.6 Å². The molecule has 1 heterocycles. The van der Waals surface area contributed by atoms with Crippen LogP contribution in [0.1, 0.15) is 6.92 Å². The first-order valence-electron chi connectivity index (χ1n) is 4.80. The fourth-order valence-corrected chi connectivity index (χ4v) is 1.47. The second-order valence-corrected chi connectivity index (χ2v) is 3.69. The molecule has 84 valence electrons. The number of ether oxygens (including phenoxy) is 1. The molecule has 0 aliphatic heterocycles. The number of aromatic nitrogens is 1. The van der Waals surface area contributed by atoms with Crippen LogP contribution in [0.3, 0.4) is 0 Å². The Balaban J connectivity index is 2.04. The molecule has 0 aliphatic carbocycles. The Labute approximate surface area is 92.9 Å². The molecule has 0 bridgehead atoms. The maximum atomic E-state index is 11.3. The van der Waals surface area contributed by atoms with E-state index in [1.54, 1.807) is 6.20 Å². The highest BCUT2D eigenvalue weighted by molar-refractivity contribution is 7.13. The number of thiazole rings is 1. The minimum atomic E-state index is -0.165. The summed E-state index contributed by atoms with van der Waals surface area (Å²) in [5, 5.41) is 8.15. The van der Waals surface area contributed by atoms with E-state index in [1.165, 1.54) is 11.3 Å². The van der Waals surface area contributed by atoms with Gasteiger partial charge in [-0.15, -0.1) is 11.3 Å². The van der Waals surface area contributed by atoms with E-state index in [9.17, 15) is 4.79 Å². The van der Waals surface area contributed by atoms with E-state index in [0.717, 1.165) is 13.1 Å². The normalized spacial score (nSPS) is 10.2. The predicted molar refractivity (Wildman–Crippen MR) is 60.1 cm³/mol. The van der Waals surface area contributed by atoms with Crippen molar-refractivity contribution in [2.24, 2.45) is 0 Å². The predicted octanol–water partition coefficient (Wildman–Crippen LogP) is 0.708. The first kappa shape index (κ1) is 12.1. The molecule has 6 heteroatoms. The van der Waals surface area contributed by atoms with Crippen LogP contribution in [-0.2, 0) is 9.53 Å². The molecule has 0 saturated carbocycles. The maximum Gasteiger partial charge on any atom is 0.252 e. The molecule has 0 saturated heterocycles. The average Bonchev–Trinajstić information content (AvgIpc) is 2.70. The largest absolute Gasteiger partial charge is 0.370 e. The first-order valence-corrected chi connectivity index (χ1v) is 5.68. The van der Waals surface area contributed by atoms with Crippen LogP contribution in [0.25, 0.3) is 0 Å². The van der Waals surface area contributed by atoms with Crippen molar-refractivity contribution < 1.29 is 9.53 Å². The lowest BCUT2D eigenvalue weighted by atomic mass is 10.6. The van der Waals surface area contributed by atoms with Crippen molar-refractivity contribution in [3.05, 3.63) is 11.6 Å². The van der Waals surface area contributed by atoms with Gasteiger partial charge in [0.1, 0.15) is 6.61 Å². The number of rotatable bonds is 7. The van der Waals surface area contributed by atoms with Gasteiger partial charge in [0.25, 0.3) is 5.91 Å². The molecule has 0 aromatic carbocycles. The van der Waals surface area contributed by atoms with E-state index in [0.29, 0.717) is 11.7 Å². The van der Waals surface area contributed by atoms with Crippen LogP contribution in [0.4, 0.5) is 5.13 Å². The maximum absolute atomic E-state index is 11.3. The average molecular weight is 229 g/mol. The first-order chi connectivity index (χ1) is 7.33. The molecule has 0 atom stereocenters. The number of likely N-dealkylation sites (N-methyl/N-ethyl adjacent to an activating group) is 1. The Kier molecular flexibility index (Phi) is 5.91. The van der Waals surface area contributed by atoms with Crippen molar-refractivity contribution in [1.29, 1.82) is 0 Å². The quantitative estimate of drug-likeness (QED) is 0.676. The highest BCUT2D eigenvalue weighted by atomic mass is 32.1. The number of nitrogens with zero attached hydrogens (tertiary/aromatic N) is 1. The third-order valence-electron chi connectivity index (χ3n) is 1.59. The van der Waals surface area contributed by atoms with Gasteiger partial charge in [-0.05, 0) is 6.54 Å². The highest BCUT2D eigenvalue weighted by Gasteiger charge is 2.03. The zero-order chi connectivity index (χ0) is 10.9. The van der Waals surface area contributed by atoms with Gasteiger partial charge in [0.2, 0.25) is 0 Å². The molecule has 5 nitrogen and oxygen atoms in total. The third kappa shape index (κ3) is 5.46. The Morgan fingerprint density at radius 1 is 1.67 bits per heavy atom. The van der Waals surface area contributed by atoms with Gasteiger partial charge in [0.15, 0.2) is 5.13 Å². The molecule has 15 heavy (non-hydrogen) atoms. The lowest BCUT2D eigenvalue weighted by Gasteiger charge is -2.04. The second kappa shape index (κ2) is 7.33. The Morgan fingerprint density at radius 3 is 3.20 bits per heavy atom. The van der Waals surface area contributed by atoms with Crippen molar-refractivity contribution in [2.75, 3.05) is 31.6 Å². The molecule has 1 aromatic heterocycles. The second-order valence-electron chi connectivity index (χ2n) is 2.79. The van der Waals surface area contributed by atoms with Crippen molar-refractivity contribution in [1.82, 2.24) is 10.3 Å². The van der Waals surface area contributed by atoms with E-state index in [-0.39, 0.29) is 12.5 Å². The van der Waals surface area contributed by atoms with Crippen LogP contribution in [0.15, 0.2) is 11.6 Å². The highest BCUT2D eigenvalue weighted by Crippen LogP contribution is 2.09.